The number of carbonyl (C=O) groups excluding carboxylic acids is 1. The van der Waals surface area contributed by atoms with Gasteiger partial charge in [0.2, 0.25) is 0 Å². The lowest BCUT2D eigenvalue weighted by molar-refractivity contribution is -0.137. The highest BCUT2D eigenvalue weighted by Gasteiger charge is 2.32. The van der Waals surface area contributed by atoms with Gasteiger partial charge in [-0.3, -0.25) is 4.79 Å². The molecule has 2 aromatic heterocycles. The number of imidazole rings is 1. The minimum Gasteiger partial charge on any atom is -0.355 e. The first-order valence-corrected chi connectivity index (χ1v) is 8.38. The fraction of sp³-hybridized carbons (Fsp3) is 0.438. The van der Waals surface area contributed by atoms with E-state index in [2.05, 4.69) is 15.3 Å². The fourth-order valence-electron chi connectivity index (χ4n) is 2.89. The highest BCUT2D eigenvalue weighted by molar-refractivity contribution is 6.33. The van der Waals surface area contributed by atoms with E-state index in [1.807, 2.05) is 4.90 Å². The van der Waals surface area contributed by atoms with Crippen LogP contribution in [-0.4, -0.2) is 39.6 Å². The van der Waals surface area contributed by atoms with Gasteiger partial charge in [0.25, 0.3) is 5.91 Å². The number of alkyl halides is 3. The van der Waals surface area contributed by atoms with Gasteiger partial charge in [0.15, 0.2) is 0 Å². The maximum absolute atomic E-state index is 12.7. The van der Waals surface area contributed by atoms with Crippen molar-refractivity contribution in [2.24, 2.45) is 7.05 Å². The van der Waals surface area contributed by atoms with E-state index in [1.54, 1.807) is 17.9 Å². The largest absolute Gasteiger partial charge is 0.417 e. The molecule has 1 fully saturated rings. The smallest absolute Gasteiger partial charge is 0.355 e. The van der Waals surface area contributed by atoms with Crippen molar-refractivity contribution in [3.05, 3.63) is 41.1 Å². The van der Waals surface area contributed by atoms with Crippen LogP contribution < -0.4 is 10.2 Å². The molecule has 1 N–H and O–H groups in total. The number of hydrogen-bond donors (Lipinski definition) is 1. The van der Waals surface area contributed by atoms with Crippen LogP contribution in [0.5, 0.6) is 0 Å². The number of aromatic nitrogens is 3. The molecule has 26 heavy (non-hydrogen) atoms. The predicted molar refractivity (Wildman–Crippen MR) is 90.2 cm³/mol. The highest BCUT2D eigenvalue weighted by atomic mass is 35.5. The summed E-state index contributed by atoms with van der Waals surface area (Å²) in [6, 6.07) is 0.863. The zero-order valence-corrected chi connectivity index (χ0v) is 14.7. The molecule has 6 nitrogen and oxygen atoms in total. The fourth-order valence-corrected chi connectivity index (χ4v) is 3.18. The van der Waals surface area contributed by atoms with E-state index in [0.717, 1.165) is 12.3 Å². The Labute approximate surface area is 153 Å². The number of anilines is 1. The average Bonchev–Trinajstić information content (AvgIpc) is 3.01. The molecule has 1 aliphatic rings. The standard InChI is InChI=1S/C16H17ClF3N5O/c1-24-9-21-8-13(24)15(26)23-11-2-4-25(5-3-11)14-12(17)6-10(7-22-14)16(18,19)20/h6-9,11H,2-5H2,1H3,(H,23,26). The lowest BCUT2D eigenvalue weighted by Crippen LogP contribution is -2.45. The van der Waals surface area contributed by atoms with Gasteiger partial charge >= 0.3 is 6.18 Å². The molecule has 0 aromatic carbocycles. The second-order valence-electron chi connectivity index (χ2n) is 6.15. The number of pyridine rings is 1. The Balaban J connectivity index is 1.60. The van der Waals surface area contributed by atoms with Crippen molar-refractivity contribution in [2.45, 2.75) is 25.1 Å². The predicted octanol–water partition coefficient (Wildman–Crippen LogP) is 2.89. The molecular formula is C16H17ClF3N5O. The van der Waals surface area contributed by atoms with Crippen LogP contribution in [0, 0.1) is 0 Å². The van der Waals surface area contributed by atoms with Crippen molar-refractivity contribution < 1.29 is 18.0 Å². The van der Waals surface area contributed by atoms with E-state index in [1.165, 1.54) is 6.20 Å². The van der Waals surface area contributed by atoms with Crippen LogP contribution in [-0.2, 0) is 13.2 Å². The number of amides is 1. The molecule has 0 atom stereocenters. The molecule has 140 valence electrons. The van der Waals surface area contributed by atoms with Gasteiger partial charge in [-0.15, -0.1) is 0 Å². The van der Waals surface area contributed by atoms with Crippen LogP contribution >= 0.6 is 11.6 Å². The summed E-state index contributed by atoms with van der Waals surface area (Å²) < 4.78 is 39.7. The van der Waals surface area contributed by atoms with Gasteiger partial charge in [0.1, 0.15) is 11.5 Å². The molecule has 0 saturated carbocycles. The number of nitrogens with one attached hydrogen (secondary N) is 1. The monoisotopic (exact) mass is 387 g/mol. The van der Waals surface area contributed by atoms with Gasteiger partial charge in [0, 0.05) is 32.4 Å². The number of halogens is 4. The van der Waals surface area contributed by atoms with Gasteiger partial charge in [0.05, 0.1) is 23.1 Å². The first-order chi connectivity index (χ1) is 12.3. The number of hydrogen-bond acceptors (Lipinski definition) is 4. The van der Waals surface area contributed by atoms with Crippen LogP contribution in [0.4, 0.5) is 19.0 Å². The summed E-state index contributed by atoms with van der Waals surface area (Å²) in [6.45, 7) is 1.07. The summed E-state index contributed by atoms with van der Waals surface area (Å²) in [5.74, 6) is 0.130. The highest BCUT2D eigenvalue weighted by Crippen LogP contribution is 2.34. The molecule has 0 radical (unpaired) electrons. The number of piperidine rings is 1. The minimum atomic E-state index is -4.47. The van der Waals surface area contributed by atoms with Gasteiger partial charge in [-0.2, -0.15) is 13.2 Å². The summed E-state index contributed by atoms with van der Waals surface area (Å²) >= 11 is 5.99. The number of carbonyl (C=O) groups is 1. The number of aryl methyl sites for hydroxylation is 1. The van der Waals surface area contributed by atoms with Crippen LogP contribution in [0.15, 0.2) is 24.8 Å². The summed E-state index contributed by atoms with van der Waals surface area (Å²) in [6.07, 6.45) is 0.646. The maximum Gasteiger partial charge on any atom is 0.417 e. The van der Waals surface area contributed by atoms with E-state index in [9.17, 15) is 18.0 Å². The summed E-state index contributed by atoms with van der Waals surface area (Å²) in [7, 11) is 1.74. The zero-order valence-electron chi connectivity index (χ0n) is 13.9. The first-order valence-electron chi connectivity index (χ1n) is 8.00. The zero-order chi connectivity index (χ0) is 18.9. The van der Waals surface area contributed by atoms with Crippen LogP contribution in [0.25, 0.3) is 0 Å². The van der Waals surface area contributed by atoms with E-state index in [0.29, 0.717) is 37.4 Å². The Kier molecular flexibility index (Phi) is 5.08. The number of rotatable bonds is 3. The van der Waals surface area contributed by atoms with Crippen molar-refractivity contribution in [1.82, 2.24) is 19.9 Å². The Bertz CT molecular complexity index is 799. The molecule has 1 amide bonds. The van der Waals surface area contributed by atoms with Gasteiger partial charge in [-0.05, 0) is 18.9 Å². The van der Waals surface area contributed by atoms with Crippen LogP contribution in [0.2, 0.25) is 5.02 Å². The van der Waals surface area contributed by atoms with E-state index < -0.39 is 11.7 Å². The van der Waals surface area contributed by atoms with Crippen molar-refractivity contribution in [3.8, 4) is 0 Å². The quantitative estimate of drug-likeness (QED) is 0.879. The third-order valence-corrected chi connectivity index (χ3v) is 4.61. The molecule has 10 heteroatoms. The van der Waals surface area contributed by atoms with E-state index in [-0.39, 0.29) is 17.0 Å². The van der Waals surface area contributed by atoms with E-state index >= 15 is 0 Å². The normalized spacial score (nSPS) is 16.0. The van der Waals surface area contributed by atoms with Gasteiger partial charge in [-0.1, -0.05) is 11.6 Å². The topological polar surface area (TPSA) is 63.1 Å². The van der Waals surface area contributed by atoms with Crippen molar-refractivity contribution in [1.29, 1.82) is 0 Å². The molecule has 0 bridgehead atoms. The molecule has 0 aliphatic carbocycles. The summed E-state index contributed by atoms with van der Waals surface area (Å²) in [4.78, 5) is 21.8. The molecule has 0 unspecified atom stereocenters. The Hall–Kier alpha value is -2.29. The minimum absolute atomic E-state index is 0.0260. The molecular weight excluding hydrogens is 371 g/mol. The van der Waals surface area contributed by atoms with Crippen LogP contribution in [0.3, 0.4) is 0 Å². The third kappa shape index (κ3) is 3.92. The van der Waals surface area contributed by atoms with Crippen molar-refractivity contribution in [2.75, 3.05) is 18.0 Å². The summed E-state index contributed by atoms with van der Waals surface area (Å²) in [5.41, 5.74) is -0.399. The Morgan fingerprint density at radius 1 is 1.31 bits per heavy atom. The molecule has 1 saturated heterocycles. The van der Waals surface area contributed by atoms with Gasteiger partial charge in [-0.25, -0.2) is 9.97 Å². The Morgan fingerprint density at radius 2 is 2.00 bits per heavy atom. The average molecular weight is 388 g/mol. The SMILES string of the molecule is Cn1cncc1C(=O)NC1CCN(c2ncc(C(F)(F)F)cc2Cl)CC1. The second kappa shape index (κ2) is 7.14. The lowest BCUT2D eigenvalue weighted by Gasteiger charge is -2.33. The maximum atomic E-state index is 12.7. The molecule has 1 aliphatic heterocycles. The molecule has 0 spiro atoms. The van der Waals surface area contributed by atoms with Crippen LogP contribution in [0.1, 0.15) is 28.9 Å². The molecule has 3 rings (SSSR count). The van der Waals surface area contributed by atoms with E-state index in [4.69, 9.17) is 11.6 Å². The van der Waals surface area contributed by atoms with Crippen molar-refractivity contribution >= 4 is 23.3 Å². The second-order valence-corrected chi connectivity index (χ2v) is 6.56. The third-order valence-electron chi connectivity index (χ3n) is 4.33. The molecule has 3 heterocycles. The molecule has 2 aromatic rings. The Morgan fingerprint density at radius 3 is 2.54 bits per heavy atom. The lowest BCUT2D eigenvalue weighted by atomic mass is 10.0. The van der Waals surface area contributed by atoms with Gasteiger partial charge < -0.3 is 14.8 Å². The van der Waals surface area contributed by atoms with Crippen molar-refractivity contribution in [3.63, 3.8) is 0 Å². The summed E-state index contributed by atoms with van der Waals surface area (Å²) in [5, 5.41) is 2.92. The first kappa shape index (κ1) is 18.5. The number of nitrogens with zero attached hydrogens (tertiary/aromatic N) is 4.